The number of carbonyl (C=O) groups excluding carboxylic acids is 2. The number of amides is 2. The van der Waals surface area contributed by atoms with Gasteiger partial charge in [0.25, 0.3) is 0 Å². The van der Waals surface area contributed by atoms with Crippen molar-refractivity contribution in [3.8, 4) is 0 Å². The number of nitrogens with two attached hydrogens (primary N) is 1. The van der Waals surface area contributed by atoms with E-state index in [1.54, 1.807) is 11.3 Å². The highest BCUT2D eigenvalue weighted by molar-refractivity contribution is 7.10. The van der Waals surface area contributed by atoms with Crippen LogP contribution in [0.5, 0.6) is 0 Å². The first kappa shape index (κ1) is 15.5. The van der Waals surface area contributed by atoms with Crippen LogP contribution in [0.25, 0.3) is 0 Å². The van der Waals surface area contributed by atoms with Gasteiger partial charge in [0.1, 0.15) is 0 Å². The van der Waals surface area contributed by atoms with Crippen molar-refractivity contribution >= 4 is 23.2 Å². The van der Waals surface area contributed by atoms with Crippen molar-refractivity contribution < 1.29 is 9.59 Å². The van der Waals surface area contributed by atoms with E-state index in [-0.39, 0.29) is 17.7 Å². The molecular formula is C16H23N3O2S. The molecule has 2 N–H and O–H groups in total. The van der Waals surface area contributed by atoms with Gasteiger partial charge in [-0.1, -0.05) is 6.07 Å². The molecular weight excluding hydrogens is 298 g/mol. The van der Waals surface area contributed by atoms with Gasteiger partial charge in [-0.2, -0.15) is 0 Å². The molecule has 0 aliphatic carbocycles. The lowest BCUT2D eigenvalue weighted by Gasteiger charge is -2.32. The minimum atomic E-state index is -0.232. The molecule has 2 fully saturated rings. The zero-order valence-electron chi connectivity index (χ0n) is 12.7. The summed E-state index contributed by atoms with van der Waals surface area (Å²) >= 11 is 1.77. The lowest BCUT2D eigenvalue weighted by Crippen LogP contribution is -2.45. The Morgan fingerprint density at radius 1 is 1.23 bits per heavy atom. The molecule has 1 atom stereocenters. The molecule has 0 radical (unpaired) electrons. The van der Waals surface area contributed by atoms with Gasteiger partial charge in [-0.3, -0.25) is 14.5 Å². The molecule has 3 rings (SSSR count). The minimum absolute atomic E-state index is 0.0605. The largest absolute Gasteiger partial charge is 0.369 e. The molecule has 6 heteroatoms. The number of hydrogen-bond acceptors (Lipinski definition) is 4. The summed E-state index contributed by atoms with van der Waals surface area (Å²) in [5.74, 6) is -0.106. The second-order valence-corrected chi connectivity index (χ2v) is 7.18. The van der Waals surface area contributed by atoms with E-state index in [9.17, 15) is 9.59 Å². The number of nitrogens with zero attached hydrogens (tertiary/aromatic N) is 2. The molecule has 1 aromatic heterocycles. The second kappa shape index (κ2) is 6.79. The third kappa shape index (κ3) is 3.33. The minimum Gasteiger partial charge on any atom is -0.369 e. The van der Waals surface area contributed by atoms with Crippen LogP contribution in [0, 0.1) is 5.92 Å². The van der Waals surface area contributed by atoms with Gasteiger partial charge in [-0.05, 0) is 43.7 Å². The number of likely N-dealkylation sites (tertiary alicyclic amines) is 2. The fourth-order valence-electron chi connectivity index (χ4n) is 3.51. The normalized spacial score (nSPS) is 23.8. The average Bonchev–Trinajstić information content (AvgIpc) is 3.18. The number of piperidine rings is 1. The third-order valence-corrected chi connectivity index (χ3v) is 5.80. The fraction of sp³-hybridized carbons (Fsp3) is 0.625. The molecule has 2 saturated heterocycles. The highest BCUT2D eigenvalue weighted by Crippen LogP contribution is 2.34. The SMILES string of the molecule is NC(=O)C1CCN(C(=O)CN2CCC[C@@H]2c2cccs2)CC1. The van der Waals surface area contributed by atoms with Gasteiger partial charge in [-0.15, -0.1) is 11.3 Å². The van der Waals surface area contributed by atoms with Crippen LogP contribution in [0.4, 0.5) is 0 Å². The van der Waals surface area contributed by atoms with Crippen LogP contribution in [0.2, 0.25) is 0 Å². The van der Waals surface area contributed by atoms with Gasteiger partial charge in [0, 0.05) is 29.9 Å². The molecule has 2 amide bonds. The van der Waals surface area contributed by atoms with Crippen LogP contribution in [0.15, 0.2) is 17.5 Å². The summed E-state index contributed by atoms with van der Waals surface area (Å²) in [7, 11) is 0. The zero-order chi connectivity index (χ0) is 15.5. The van der Waals surface area contributed by atoms with E-state index in [1.165, 1.54) is 4.88 Å². The predicted molar refractivity (Wildman–Crippen MR) is 86.4 cm³/mol. The highest BCUT2D eigenvalue weighted by Gasteiger charge is 2.31. The number of primary amides is 1. The summed E-state index contributed by atoms with van der Waals surface area (Å²) in [6.07, 6.45) is 3.70. The summed E-state index contributed by atoms with van der Waals surface area (Å²) in [5, 5.41) is 2.10. The Morgan fingerprint density at radius 3 is 2.64 bits per heavy atom. The van der Waals surface area contributed by atoms with Gasteiger partial charge in [0.05, 0.1) is 6.54 Å². The lowest BCUT2D eigenvalue weighted by atomic mass is 9.96. The van der Waals surface area contributed by atoms with Crippen molar-refractivity contribution in [2.75, 3.05) is 26.2 Å². The summed E-state index contributed by atoms with van der Waals surface area (Å²) in [5.41, 5.74) is 5.34. The van der Waals surface area contributed by atoms with E-state index < -0.39 is 0 Å². The fourth-order valence-corrected chi connectivity index (χ4v) is 4.40. The monoisotopic (exact) mass is 321 g/mol. The maximum absolute atomic E-state index is 12.5. The van der Waals surface area contributed by atoms with Crippen LogP contribution < -0.4 is 5.73 Å². The molecule has 3 heterocycles. The Bertz CT molecular complexity index is 524. The van der Waals surface area contributed by atoms with Crippen LogP contribution in [0.1, 0.15) is 36.6 Å². The first-order valence-corrected chi connectivity index (χ1v) is 8.87. The molecule has 22 heavy (non-hydrogen) atoms. The summed E-state index contributed by atoms with van der Waals surface area (Å²) in [4.78, 5) is 29.3. The van der Waals surface area contributed by atoms with E-state index in [4.69, 9.17) is 5.73 Å². The number of carbonyl (C=O) groups is 2. The standard InChI is InChI=1S/C16H23N3O2S/c17-16(21)12-5-8-18(9-6-12)15(20)11-19-7-1-3-13(19)14-4-2-10-22-14/h2,4,10,12-13H,1,3,5-9,11H2,(H2,17,21)/t13-/m1/s1. The van der Waals surface area contributed by atoms with E-state index in [0.717, 1.165) is 19.4 Å². The van der Waals surface area contributed by atoms with Crippen LogP contribution in [0.3, 0.4) is 0 Å². The first-order valence-electron chi connectivity index (χ1n) is 7.99. The quantitative estimate of drug-likeness (QED) is 0.916. The van der Waals surface area contributed by atoms with Gasteiger partial charge in [-0.25, -0.2) is 0 Å². The maximum atomic E-state index is 12.5. The van der Waals surface area contributed by atoms with Crippen molar-refractivity contribution in [1.29, 1.82) is 0 Å². The van der Waals surface area contributed by atoms with Crippen LogP contribution in [-0.2, 0) is 9.59 Å². The van der Waals surface area contributed by atoms with Crippen molar-refractivity contribution in [2.45, 2.75) is 31.7 Å². The van der Waals surface area contributed by atoms with E-state index in [0.29, 0.717) is 38.5 Å². The molecule has 1 aromatic rings. The van der Waals surface area contributed by atoms with Gasteiger partial charge < -0.3 is 10.6 Å². The third-order valence-electron chi connectivity index (χ3n) is 4.82. The van der Waals surface area contributed by atoms with E-state index in [2.05, 4.69) is 22.4 Å². The van der Waals surface area contributed by atoms with Gasteiger partial charge in [0.2, 0.25) is 11.8 Å². The molecule has 0 spiro atoms. The van der Waals surface area contributed by atoms with Crippen molar-refractivity contribution in [3.63, 3.8) is 0 Å². The molecule has 0 bridgehead atoms. The Hall–Kier alpha value is -1.40. The Labute approximate surface area is 135 Å². The molecule has 0 saturated carbocycles. The molecule has 2 aliphatic rings. The Morgan fingerprint density at radius 2 is 2.00 bits per heavy atom. The van der Waals surface area contributed by atoms with Crippen molar-refractivity contribution in [2.24, 2.45) is 11.7 Å². The number of hydrogen-bond donors (Lipinski definition) is 1. The molecule has 5 nitrogen and oxygen atoms in total. The molecule has 0 aromatic carbocycles. The van der Waals surface area contributed by atoms with Crippen LogP contribution >= 0.6 is 11.3 Å². The number of rotatable bonds is 4. The smallest absolute Gasteiger partial charge is 0.236 e. The predicted octanol–water partition coefficient (Wildman–Crippen LogP) is 1.61. The number of thiophene rings is 1. The van der Waals surface area contributed by atoms with E-state index in [1.807, 2.05) is 4.90 Å². The molecule has 0 unspecified atom stereocenters. The first-order chi connectivity index (χ1) is 10.6. The summed E-state index contributed by atoms with van der Waals surface area (Å²) in [6, 6.07) is 4.63. The summed E-state index contributed by atoms with van der Waals surface area (Å²) < 4.78 is 0. The second-order valence-electron chi connectivity index (χ2n) is 6.20. The van der Waals surface area contributed by atoms with Crippen molar-refractivity contribution in [1.82, 2.24) is 9.80 Å². The molecule has 120 valence electrons. The van der Waals surface area contributed by atoms with Crippen molar-refractivity contribution in [3.05, 3.63) is 22.4 Å². The maximum Gasteiger partial charge on any atom is 0.236 e. The van der Waals surface area contributed by atoms with Gasteiger partial charge >= 0.3 is 0 Å². The van der Waals surface area contributed by atoms with Gasteiger partial charge in [0.15, 0.2) is 0 Å². The lowest BCUT2D eigenvalue weighted by molar-refractivity contribution is -0.136. The molecule has 2 aliphatic heterocycles. The topological polar surface area (TPSA) is 66.6 Å². The summed E-state index contributed by atoms with van der Waals surface area (Å²) in [6.45, 7) is 2.80. The highest BCUT2D eigenvalue weighted by atomic mass is 32.1. The average molecular weight is 321 g/mol. The zero-order valence-corrected chi connectivity index (χ0v) is 13.6. The Balaban J connectivity index is 1.54. The van der Waals surface area contributed by atoms with E-state index >= 15 is 0 Å². The Kier molecular flexibility index (Phi) is 4.78. The van der Waals surface area contributed by atoms with Crippen LogP contribution in [-0.4, -0.2) is 47.8 Å².